The van der Waals surface area contributed by atoms with Crippen molar-refractivity contribution in [2.75, 3.05) is 13.2 Å². The van der Waals surface area contributed by atoms with Crippen LogP contribution in [0.3, 0.4) is 0 Å². The molecule has 1 rings (SSSR count). The summed E-state index contributed by atoms with van der Waals surface area (Å²) in [7, 11) is 0. The molecule has 0 saturated heterocycles. The zero-order valence-electron chi connectivity index (χ0n) is 9.98. The summed E-state index contributed by atoms with van der Waals surface area (Å²) in [5, 5.41) is 0. The molecule has 0 aromatic heterocycles. The molecule has 0 atom stereocenters. The minimum atomic E-state index is 0.553. The van der Waals surface area contributed by atoms with E-state index < -0.39 is 0 Å². The van der Waals surface area contributed by atoms with Crippen LogP contribution in [0.25, 0.3) is 0 Å². The third kappa shape index (κ3) is 6.23. The molecule has 1 aromatic carbocycles. The van der Waals surface area contributed by atoms with E-state index >= 15 is 0 Å². The molecular formula is C14H20NO. The lowest BCUT2D eigenvalue weighted by Crippen LogP contribution is -1.98. The van der Waals surface area contributed by atoms with Crippen molar-refractivity contribution < 1.29 is 4.74 Å². The molecule has 0 fully saturated rings. The van der Waals surface area contributed by atoms with Crippen molar-refractivity contribution in [1.82, 2.24) is 0 Å². The van der Waals surface area contributed by atoms with Crippen molar-refractivity contribution in [1.29, 1.82) is 0 Å². The van der Waals surface area contributed by atoms with Crippen LogP contribution in [0, 0.1) is 6.07 Å². The Balaban J connectivity index is 2.00. The van der Waals surface area contributed by atoms with E-state index in [2.05, 4.69) is 18.0 Å². The zero-order chi connectivity index (χ0) is 11.5. The number of unbranched alkanes of at least 4 members (excludes halogenated alkanes) is 3. The van der Waals surface area contributed by atoms with E-state index in [1.54, 1.807) is 0 Å². The lowest BCUT2D eigenvalue weighted by atomic mass is 10.2. The number of aliphatic imine (C=N–C) groups is 1. The highest BCUT2D eigenvalue weighted by atomic mass is 16.5. The molecule has 87 valence electrons. The molecule has 0 unspecified atom stereocenters. The molecule has 0 aliphatic carbocycles. The highest BCUT2D eigenvalue weighted by Crippen LogP contribution is 2.06. The van der Waals surface area contributed by atoms with Crippen molar-refractivity contribution in [2.45, 2.75) is 32.6 Å². The minimum Gasteiger partial charge on any atom is -0.488 e. The predicted octanol–water partition coefficient (Wildman–Crippen LogP) is 3.52. The Morgan fingerprint density at radius 2 is 2.06 bits per heavy atom. The number of hydrogen-bond donors (Lipinski definition) is 0. The Labute approximate surface area is 98.4 Å². The second-order valence-corrected chi connectivity index (χ2v) is 3.70. The first-order valence-electron chi connectivity index (χ1n) is 6.00. The van der Waals surface area contributed by atoms with Crippen LogP contribution < -0.4 is 4.74 Å². The first-order valence-corrected chi connectivity index (χ1v) is 6.00. The topological polar surface area (TPSA) is 21.6 Å². The van der Waals surface area contributed by atoms with Gasteiger partial charge in [-0.2, -0.15) is 0 Å². The van der Waals surface area contributed by atoms with Gasteiger partial charge in [0, 0.05) is 12.8 Å². The molecule has 2 heteroatoms. The molecule has 0 spiro atoms. The van der Waals surface area contributed by atoms with Crippen LogP contribution >= 0.6 is 0 Å². The summed E-state index contributed by atoms with van der Waals surface area (Å²) in [5.41, 5.74) is 0. The molecule has 0 bridgehead atoms. The average Bonchev–Trinajstić information content (AvgIpc) is 2.34. The van der Waals surface area contributed by atoms with E-state index in [1.807, 2.05) is 30.5 Å². The summed E-state index contributed by atoms with van der Waals surface area (Å²) >= 11 is 0. The molecule has 0 saturated carbocycles. The summed E-state index contributed by atoms with van der Waals surface area (Å²) in [6, 6.07) is 10.4. The lowest BCUT2D eigenvalue weighted by Gasteiger charge is -2.00. The Bertz CT molecular complexity index is 282. The third-order valence-electron chi connectivity index (χ3n) is 2.28. The molecular weight excluding hydrogens is 198 g/mol. The van der Waals surface area contributed by atoms with Crippen molar-refractivity contribution in [3.8, 4) is 5.75 Å². The van der Waals surface area contributed by atoms with Crippen LogP contribution in [0.5, 0.6) is 5.75 Å². The molecule has 0 amide bonds. The molecule has 0 aliphatic heterocycles. The average molecular weight is 218 g/mol. The Morgan fingerprint density at radius 1 is 1.25 bits per heavy atom. The van der Waals surface area contributed by atoms with Gasteiger partial charge in [0.05, 0.1) is 0 Å². The lowest BCUT2D eigenvalue weighted by molar-refractivity contribution is 0.380. The van der Waals surface area contributed by atoms with Crippen molar-refractivity contribution in [2.24, 2.45) is 4.99 Å². The van der Waals surface area contributed by atoms with Gasteiger partial charge in [-0.05, 0) is 24.6 Å². The van der Waals surface area contributed by atoms with Crippen LogP contribution in [0.1, 0.15) is 32.6 Å². The van der Waals surface area contributed by atoms with Gasteiger partial charge >= 0.3 is 0 Å². The minimum absolute atomic E-state index is 0.553. The maximum atomic E-state index is 5.46. The van der Waals surface area contributed by atoms with Crippen LogP contribution in [-0.4, -0.2) is 19.4 Å². The highest BCUT2D eigenvalue weighted by Gasteiger charge is 1.88. The smallest absolute Gasteiger partial charge is 0.123 e. The van der Waals surface area contributed by atoms with E-state index in [9.17, 15) is 0 Å². The number of ether oxygens (including phenoxy) is 1. The maximum Gasteiger partial charge on any atom is 0.123 e. The fraction of sp³-hybridized carbons (Fsp3) is 0.500. The van der Waals surface area contributed by atoms with Gasteiger partial charge in [0.15, 0.2) is 0 Å². The standard InChI is InChI=1S/C14H20NO/c1-2-3-4-8-11-15-12-13-16-14-9-6-5-7-10-14/h6-7,9-10,12H,2-4,8,11,13H2,1H3. The van der Waals surface area contributed by atoms with E-state index in [0.29, 0.717) is 6.61 Å². The highest BCUT2D eigenvalue weighted by molar-refractivity contribution is 5.58. The summed E-state index contributed by atoms with van der Waals surface area (Å²) in [6.45, 7) is 3.69. The van der Waals surface area contributed by atoms with Crippen LogP contribution in [0.15, 0.2) is 29.3 Å². The van der Waals surface area contributed by atoms with Crippen molar-refractivity contribution in [3.05, 3.63) is 30.3 Å². The molecule has 0 aliphatic rings. The summed E-state index contributed by atoms with van der Waals surface area (Å²) < 4.78 is 5.46. The van der Waals surface area contributed by atoms with Gasteiger partial charge in [0.2, 0.25) is 0 Å². The van der Waals surface area contributed by atoms with Crippen LogP contribution in [0.4, 0.5) is 0 Å². The van der Waals surface area contributed by atoms with Crippen molar-refractivity contribution >= 4 is 6.21 Å². The van der Waals surface area contributed by atoms with E-state index in [-0.39, 0.29) is 0 Å². The fourth-order valence-corrected chi connectivity index (χ4v) is 1.38. The monoisotopic (exact) mass is 218 g/mol. The molecule has 2 nitrogen and oxygen atoms in total. The summed E-state index contributed by atoms with van der Waals surface area (Å²) in [5.74, 6) is 0.871. The predicted molar refractivity (Wildman–Crippen MR) is 68.3 cm³/mol. The van der Waals surface area contributed by atoms with Gasteiger partial charge in [-0.25, -0.2) is 0 Å². The van der Waals surface area contributed by atoms with E-state index in [0.717, 1.165) is 12.3 Å². The first kappa shape index (κ1) is 12.8. The van der Waals surface area contributed by atoms with Gasteiger partial charge in [-0.15, -0.1) is 0 Å². The van der Waals surface area contributed by atoms with Crippen LogP contribution in [0.2, 0.25) is 0 Å². The normalized spacial score (nSPS) is 10.8. The summed E-state index contributed by atoms with van der Waals surface area (Å²) in [6.07, 6.45) is 6.90. The van der Waals surface area contributed by atoms with Crippen molar-refractivity contribution in [3.63, 3.8) is 0 Å². The third-order valence-corrected chi connectivity index (χ3v) is 2.28. The second-order valence-electron chi connectivity index (χ2n) is 3.70. The number of nitrogens with zero attached hydrogens (tertiary/aromatic N) is 1. The molecule has 0 N–H and O–H groups in total. The van der Waals surface area contributed by atoms with E-state index in [1.165, 1.54) is 25.7 Å². The molecule has 1 aromatic rings. The quantitative estimate of drug-likeness (QED) is 0.483. The molecule has 16 heavy (non-hydrogen) atoms. The van der Waals surface area contributed by atoms with Gasteiger partial charge in [0.1, 0.15) is 12.4 Å². The van der Waals surface area contributed by atoms with Gasteiger partial charge in [-0.3, -0.25) is 4.99 Å². The first-order chi connectivity index (χ1) is 7.93. The maximum absolute atomic E-state index is 5.46. The molecule has 1 radical (unpaired) electrons. The fourth-order valence-electron chi connectivity index (χ4n) is 1.38. The largest absolute Gasteiger partial charge is 0.488 e. The second kappa shape index (κ2) is 8.96. The Hall–Kier alpha value is -1.31. The molecule has 0 heterocycles. The van der Waals surface area contributed by atoms with Gasteiger partial charge in [0.25, 0.3) is 0 Å². The Kier molecular flexibility index (Phi) is 7.14. The number of rotatable bonds is 8. The van der Waals surface area contributed by atoms with Gasteiger partial charge in [-0.1, -0.05) is 38.3 Å². The SMILES string of the molecule is CCCCCCN=CCOc1cc[c]cc1. The van der Waals surface area contributed by atoms with Gasteiger partial charge < -0.3 is 4.74 Å². The van der Waals surface area contributed by atoms with Crippen LogP contribution in [-0.2, 0) is 0 Å². The summed E-state index contributed by atoms with van der Waals surface area (Å²) in [4.78, 5) is 4.30. The number of benzene rings is 1. The number of hydrogen-bond acceptors (Lipinski definition) is 2. The van der Waals surface area contributed by atoms with E-state index in [4.69, 9.17) is 4.74 Å². The zero-order valence-corrected chi connectivity index (χ0v) is 9.98. The Morgan fingerprint density at radius 3 is 2.81 bits per heavy atom.